The van der Waals surface area contributed by atoms with E-state index in [0.29, 0.717) is 24.4 Å². The van der Waals surface area contributed by atoms with E-state index in [1.165, 1.54) is 9.96 Å². The van der Waals surface area contributed by atoms with Crippen molar-refractivity contribution in [2.45, 2.75) is 50.9 Å². The molecule has 0 spiro atoms. The number of imidazole rings is 1. The average Bonchev–Trinajstić information content (AvgIpc) is 3.15. The van der Waals surface area contributed by atoms with E-state index in [9.17, 15) is 13.2 Å². The van der Waals surface area contributed by atoms with Crippen molar-refractivity contribution >= 4 is 17.2 Å². The molecule has 5 nitrogen and oxygen atoms in total. The van der Waals surface area contributed by atoms with E-state index in [2.05, 4.69) is 20.9 Å². The fourth-order valence-corrected chi connectivity index (χ4v) is 4.55. The van der Waals surface area contributed by atoms with Gasteiger partial charge in [0.15, 0.2) is 5.65 Å². The summed E-state index contributed by atoms with van der Waals surface area (Å²) in [6.45, 7) is 1.94. The zero-order valence-corrected chi connectivity index (χ0v) is 17.8. The number of rotatable bonds is 7. The summed E-state index contributed by atoms with van der Waals surface area (Å²) in [5.41, 5.74) is 8.24. The van der Waals surface area contributed by atoms with Crippen LogP contribution in [0.15, 0.2) is 36.8 Å². The van der Waals surface area contributed by atoms with Crippen molar-refractivity contribution in [2.75, 3.05) is 13.1 Å². The first-order valence-corrected chi connectivity index (χ1v) is 10.9. The second-order valence-electron chi connectivity index (χ2n) is 7.96. The standard InChI is InChI=1S/C22H25ClF3N5/c23-18-11-16(22(24,25)26)12-31-14-17(29-21(18)31)13-30(10-2-1-8-27)19-7-3-5-15-6-4-9-28-20(15)19/h4,6,9,11-12,14,19H,1-3,5,7-8,10,13,27H2. The van der Waals surface area contributed by atoms with Gasteiger partial charge in [0.1, 0.15) is 0 Å². The van der Waals surface area contributed by atoms with E-state index in [0.717, 1.165) is 56.6 Å². The Hall–Kier alpha value is -2.16. The summed E-state index contributed by atoms with van der Waals surface area (Å²) in [5.74, 6) is 0. The van der Waals surface area contributed by atoms with Crippen LogP contribution in [0.4, 0.5) is 13.2 Å². The number of aromatic nitrogens is 3. The molecule has 0 saturated carbocycles. The molecule has 1 aliphatic carbocycles. The van der Waals surface area contributed by atoms with Crippen LogP contribution < -0.4 is 5.73 Å². The first kappa shape index (κ1) is 22.0. The third kappa shape index (κ3) is 4.86. The fourth-order valence-electron chi connectivity index (χ4n) is 4.29. The zero-order valence-electron chi connectivity index (χ0n) is 17.1. The van der Waals surface area contributed by atoms with E-state index in [1.807, 2.05) is 12.3 Å². The van der Waals surface area contributed by atoms with Gasteiger partial charge in [-0.05, 0) is 62.9 Å². The summed E-state index contributed by atoms with van der Waals surface area (Å²) >= 11 is 6.12. The molecule has 0 amide bonds. The maximum Gasteiger partial charge on any atom is 0.417 e. The molecule has 0 radical (unpaired) electrons. The number of nitrogens with zero attached hydrogens (tertiary/aromatic N) is 4. The monoisotopic (exact) mass is 451 g/mol. The Morgan fingerprint density at radius 1 is 1.26 bits per heavy atom. The number of halogens is 4. The van der Waals surface area contributed by atoms with Crippen molar-refractivity contribution in [3.05, 3.63) is 64.3 Å². The Bertz CT molecular complexity index is 1050. The minimum atomic E-state index is -4.46. The van der Waals surface area contributed by atoms with Crippen LogP contribution in [0.2, 0.25) is 5.02 Å². The van der Waals surface area contributed by atoms with E-state index in [4.69, 9.17) is 17.3 Å². The summed E-state index contributed by atoms with van der Waals surface area (Å²) < 4.78 is 40.8. The quantitative estimate of drug-likeness (QED) is 0.512. The molecule has 4 rings (SSSR count). The Morgan fingerprint density at radius 2 is 2.10 bits per heavy atom. The van der Waals surface area contributed by atoms with Gasteiger partial charge in [-0.1, -0.05) is 17.7 Å². The van der Waals surface area contributed by atoms with Crippen LogP contribution in [0, 0.1) is 0 Å². The van der Waals surface area contributed by atoms with Crippen LogP contribution in [0.5, 0.6) is 0 Å². The van der Waals surface area contributed by atoms with Crippen molar-refractivity contribution in [3.8, 4) is 0 Å². The number of alkyl halides is 3. The first-order valence-electron chi connectivity index (χ1n) is 10.5. The molecule has 0 bridgehead atoms. The molecule has 1 atom stereocenters. The second-order valence-corrected chi connectivity index (χ2v) is 8.37. The van der Waals surface area contributed by atoms with Crippen LogP contribution in [0.1, 0.15) is 54.2 Å². The first-order chi connectivity index (χ1) is 14.9. The number of aryl methyl sites for hydroxylation is 1. The van der Waals surface area contributed by atoms with Gasteiger partial charge < -0.3 is 10.1 Å². The predicted molar refractivity (Wildman–Crippen MR) is 114 cm³/mol. The van der Waals surface area contributed by atoms with Crippen LogP contribution in [-0.2, 0) is 19.1 Å². The van der Waals surface area contributed by atoms with Gasteiger partial charge in [-0.2, -0.15) is 13.2 Å². The molecule has 1 unspecified atom stereocenters. The number of nitrogens with two attached hydrogens (primary N) is 1. The summed E-state index contributed by atoms with van der Waals surface area (Å²) in [6.07, 6.45) is 4.93. The summed E-state index contributed by atoms with van der Waals surface area (Å²) in [6, 6.07) is 5.15. The van der Waals surface area contributed by atoms with Crippen LogP contribution in [0.25, 0.3) is 5.65 Å². The maximum atomic E-state index is 13.2. The Labute approximate surface area is 184 Å². The van der Waals surface area contributed by atoms with E-state index >= 15 is 0 Å². The number of hydrogen-bond donors (Lipinski definition) is 1. The lowest BCUT2D eigenvalue weighted by atomic mass is 9.90. The highest BCUT2D eigenvalue weighted by Gasteiger charge is 2.32. The average molecular weight is 452 g/mol. The molecule has 31 heavy (non-hydrogen) atoms. The molecule has 166 valence electrons. The second kappa shape index (κ2) is 9.14. The summed E-state index contributed by atoms with van der Waals surface area (Å²) in [4.78, 5) is 11.5. The molecular formula is C22H25ClF3N5. The molecule has 3 aromatic heterocycles. The number of fused-ring (bicyclic) bond motifs is 2. The van der Waals surface area contributed by atoms with E-state index < -0.39 is 11.7 Å². The molecule has 0 aromatic carbocycles. The predicted octanol–water partition coefficient (Wildman–Crippen LogP) is 5.02. The molecule has 0 saturated heterocycles. The maximum absolute atomic E-state index is 13.2. The number of pyridine rings is 2. The minimum Gasteiger partial charge on any atom is -0.330 e. The third-order valence-corrected chi connectivity index (χ3v) is 6.03. The van der Waals surface area contributed by atoms with Gasteiger partial charge in [0.05, 0.1) is 28.0 Å². The third-order valence-electron chi connectivity index (χ3n) is 5.75. The van der Waals surface area contributed by atoms with Gasteiger partial charge in [0.2, 0.25) is 0 Å². The minimum absolute atomic E-state index is 0.0135. The Balaban J connectivity index is 1.64. The zero-order chi connectivity index (χ0) is 22.0. The Kier molecular flexibility index (Phi) is 6.50. The molecular weight excluding hydrogens is 427 g/mol. The smallest absolute Gasteiger partial charge is 0.330 e. The van der Waals surface area contributed by atoms with Crippen molar-refractivity contribution in [2.24, 2.45) is 5.73 Å². The summed E-state index contributed by atoms with van der Waals surface area (Å²) in [7, 11) is 0. The molecule has 1 aliphatic rings. The molecule has 3 heterocycles. The normalized spacial score (nSPS) is 16.8. The summed E-state index contributed by atoms with van der Waals surface area (Å²) in [5, 5.41) is -0.0135. The number of unbranched alkanes of at least 4 members (excludes halogenated alkanes) is 1. The molecule has 2 N–H and O–H groups in total. The molecule has 9 heteroatoms. The van der Waals surface area contributed by atoms with Gasteiger partial charge in [-0.25, -0.2) is 4.98 Å². The SMILES string of the molecule is NCCCCN(Cc1cn2cc(C(F)(F)F)cc(Cl)c2n1)C1CCCc2cccnc21. The van der Waals surface area contributed by atoms with Gasteiger partial charge in [0, 0.05) is 25.1 Å². The number of hydrogen-bond acceptors (Lipinski definition) is 4. The lowest BCUT2D eigenvalue weighted by Gasteiger charge is -2.34. The molecule has 0 fully saturated rings. The highest BCUT2D eigenvalue weighted by molar-refractivity contribution is 6.33. The van der Waals surface area contributed by atoms with Gasteiger partial charge in [0.25, 0.3) is 0 Å². The lowest BCUT2D eigenvalue weighted by molar-refractivity contribution is -0.137. The van der Waals surface area contributed by atoms with Gasteiger partial charge in [-0.15, -0.1) is 0 Å². The molecule has 0 aliphatic heterocycles. The van der Waals surface area contributed by atoms with E-state index in [1.54, 1.807) is 6.20 Å². The van der Waals surface area contributed by atoms with Gasteiger partial charge in [-0.3, -0.25) is 9.88 Å². The van der Waals surface area contributed by atoms with Crippen molar-refractivity contribution in [3.63, 3.8) is 0 Å². The largest absolute Gasteiger partial charge is 0.417 e. The highest BCUT2D eigenvalue weighted by atomic mass is 35.5. The topological polar surface area (TPSA) is 59.5 Å². The van der Waals surface area contributed by atoms with Crippen LogP contribution >= 0.6 is 11.6 Å². The molecule has 3 aromatic rings. The highest BCUT2D eigenvalue weighted by Crippen LogP contribution is 2.35. The van der Waals surface area contributed by atoms with Crippen molar-refractivity contribution < 1.29 is 13.2 Å². The van der Waals surface area contributed by atoms with Crippen LogP contribution in [0.3, 0.4) is 0 Å². The fraction of sp³-hybridized carbons (Fsp3) is 0.455. The van der Waals surface area contributed by atoms with Crippen molar-refractivity contribution in [1.29, 1.82) is 0 Å². The van der Waals surface area contributed by atoms with Crippen molar-refractivity contribution in [1.82, 2.24) is 19.3 Å². The van der Waals surface area contributed by atoms with E-state index in [-0.39, 0.29) is 11.1 Å². The lowest BCUT2D eigenvalue weighted by Crippen LogP contribution is -2.33. The van der Waals surface area contributed by atoms with Gasteiger partial charge >= 0.3 is 6.18 Å². The van der Waals surface area contributed by atoms with Crippen LogP contribution in [-0.4, -0.2) is 32.4 Å². The Morgan fingerprint density at radius 3 is 2.87 bits per heavy atom.